The van der Waals surface area contributed by atoms with Crippen molar-refractivity contribution in [2.75, 3.05) is 11.1 Å². The number of nitrogens with one attached hydrogen (secondary N) is 1. The van der Waals surface area contributed by atoms with Crippen LogP contribution < -0.4 is 11.1 Å². The van der Waals surface area contributed by atoms with Crippen LogP contribution in [0.2, 0.25) is 0 Å². The average molecular weight is 263 g/mol. The molecule has 0 aliphatic carbocycles. The highest BCUT2D eigenvalue weighted by Crippen LogP contribution is 2.19. The van der Waals surface area contributed by atoms with Crippen molar-refractivity contribution >= 4 is 28.2 Å². The molecular formula is C16H13N3O. The Hall–Kier alpha value is -2.88. The summed E-state index contributed by atoms with van der Waals surface area (Å²) in [5.74, 6) is 0.194. The maximum Gasteiger partial charge on any atom is 0.257 e. The lowest BCUT2D eigenvalue weighted by Gasteiger charge is -2.06. The van der Waals surface area contributed by atoms with E-state index in [1.807, 2.05) is 42.5 Å². The largest absolute Gasteiger partial charge is 0.384 e. The van der Waals surface area contributed by atoms with Crippen LogP contribution in [-0.2, 0) is 0 Å². The molecule has 1 aromatic heterocycles. The lowest BCUT2D eigenvalue weighted by molar-refractivity contribution is 0.102. The van der Waals surface area contributed by atoms with E-state index in [2.05, 4.69) is 10.3 Å². The van der Waals surface area contributed by atoms with Gasteiger partial charge in [-0.1, -0.05) is 30.3 Å². The van der Waals surface area contributed by atoms with E-state index in [4.69, 9.17) is 5.73 Å². The first-order valence-corrected chi connectivity index (χ1v) is 6.24. The van der Waals surface area contributed by atoms with Crippen LogP contribution in [0.1, 0.15) is 10.4 Å². The molecule has 3 rings (SSSR count). The Labute approximate surface area is 116 Å². The second-order valence-electron chi connectivity index (χ2n) is 4.49. The number of nitrogens with two attached hydrogens (primary N) is 1. The summed E-state index contributed by atoms with van der Waals surface area (Å²) in [5, 5.41) is 5.07. The fourth-order valence-corrected chi connectivity index (χ4v) is 2.01. The van der Waals surface area contributed by atoms with Gasteiger partial charge in [-0.25, -0.2) is 4.98 Å². The minimum absolute atomic E-state index is 0.201. The standard InChI is InChI=1S/C16H13N3O/c17-15-8-6-13(10-18-15)16(20)19-14-7-5-11-3-1-2-4-12(11)9-14/h1-10H,(H2,17,18)(H,19,20). The van der Waals surface area contributed by atoms with Gasteiger partial charge in [-0.05, 0) is 35.0 Å². The van der Waals surface area contributed by atoms with Crippen molar-refractivity contribution < 1.29 is 4.79 Å². The zero-order valence-electron chi connectivity index (χ0n) is 10.7. The highest BCUT2D eigenvalue weighted by Gasteiger charge is 2.06. The Morgan fingerprint density at radius 1 is 1.00 bits per heavy atom. The number of amides is 1. The third kappa shape index (κ3) is 2.44. The van der Waals surface area contributed by atoms with Crippen LogP contribution in [0.25, 0.3) is 10.8 Å². The van der Waals surface area contributed by atoms with Crippen LogP contribution >= 0.6 is 0 Å². The topological polar surface area (TPSA) is 68.0 Å². The first kappa shape index (κ1) is 12.2. The highest BCUT2D eigenvalue weighted by molar-refractivity contribution is 6.05. The Kier molecular flexibility index (Phi) is 3.05. The molecule has 3 aromatic rings. The third-order valence-corrected chi connectivity index (χ3v) is 3.06. The molecule has 0 radical (unpaired) electrons. The van der Waals surface area contributed by atoms with Crippen LogP contribution in [0, 0.1) is 0 Å². The summed E-state index contributed by atoms with van der Waals surface area (Å²) in [6, 6.07) is 17.1. The zero-order valence-corrected chi connectivity index (χ0v) is 10.7. The molecule has 0 saturated carbocycles. The predicted molar refractivity (Wildman–Crippen MR) is 80.6 cm³/mol. The number of benzene rings is 2. The Balaban J connectivity index is 1.85. The molecule has 0 bridgehead atoms. The number of carbonyl (C=O) groups is 1. The second-order valence-corrected chi connectivity index (χ2v) is 4.49. The predicted octanol–water partition coefficient (Wildman–Crippen LogP) is 3.07. The fraction of sp³-hybridized carbons (Fsp3) is 0. The minimum Gasteiger partial charge on any atom is -0.384 e. The SMILES string of the molecule is Nc1ccc(C(=O)Nc2ccc3ccccc3c2)cn1. The zero-order chi connectivity index (χ0) is 13.9. The molecule has 0 atom stereocenters. The van der Waals surface area contributed by atoms with Crippen molar-refractivity contribution in [1.82, 2.24) is 4.98 Å². The number of nitrogen functional groups attached to an aromatic ring is 1. The van der Waals surface area contributed by atoms with Crippen molar-refractivity contribution in [3.8, 4) is 0 Å². The van der Waals surface area contributed by atoms with Gasteiger partial charge in [0.05, 0.1) is 5.56 Å². The van der Waals surface area contributed by atoms with Crippen molar-refractivity contribution in [1.29, 1.82) is 0 Å². The molecule has 98 valence electrons. The van der Waals surface area contributed by atoms with Crippen LogP contribution in [0.15, 0.2) is 60.8 Å². The average Bonchev–Trinajstić information content (AvgIpc) is 2.48. The van der Waals surface area contributed by atoms with E-state index in [0.29, 0.717) is 11.4 Å². The third-order valence-electron chi connectivity index (χ3n) is 3.06. The van der Waals surface area contributed by atoms with Crippen LogP contribution in [0.5, 0.6) is 0 Å². The van der Waals surface area contributed by atoms with E-state index in [1.165, 1.54) is 6.20 Å². The van der Waals surface area contributed by atoms with Gasteiger partial charge in [0, 0.05) is 11.9 Å². The van der Waals surface area contributed by atoms with E-state index in [9.17, 15) is 4.79 Å². The normalized spacial score (nSPS) is 10.4. The lowest BCUT2D eigenvalue weighted by atomic mass is 10.1. The number of hydrogen-bond donors (Lipinski definition) is 2. The summed E-state index contributed by atoms with van der Waals surface area (Å²) in [7, 11) is 0. The first-order chi connectivity index (χ1) is 9.72. The van der Waals surface area contributed by atoms with Crippen molar-refractivity contribution in [2.24, 2.45) is 0 Å². The quantitative estimate of drug-likeness (QED) is 0.746. The monoisotopic (exact) mass is 263 g/mol. The molecule has 0 aliphatic rings. The van der Waals surface area contributed by atoms with E-state index in [1.54, 1.807) is 12.1 Å². The summed E-state index contributed by atoms with van der Waals surface area (Å²) in [5.41, 5.74) is 6.73. The van der Waals surface area contributed by atoms with E-state index >= 15 is 0 Å². The molecule has 3 N–H and O–H groups in total. The summed E-state index contributed by atoms with van der Waals surface area (Å²) >= 11 is 0. The number of aromatic nitrogens is 1. The molecular weight excluding hydrogens is 250 g/mol. The van der Waals surface area contributed by atoms with Gasteiger partial charge >= 0.3 is 0 Å². The minimum atomic E-state index is -0.201. The maximum absolute atomic E-state index is 12.1. The summed E-state index contributed by atoms with van der Waals surface area (Å²) in [4.78, 5) is 16.0. The molecule has 0 unspecified atom stereocenters. The van der Waals surface area contributed by atoms with Crippen LogP contribution in [-0.4, -0.2) is 10.9 Å². The molecule has 0 saturated heterocycles. The van der Waals surface area contributed by atoms with Gasteiger partial charge in [-0.3, -0.25) is 4.79 Å². The van der Waals surface area contributed by atoms with Crippen LogP contribution in [0.3, 0.4) is 0 Å². The van der Waals surface area contributed by atoms with E-state index < -0.39 is 0 Å². The molecule has 1 heterocycles. The molecule has 20 heavy (non-hydrogen) atoms. The Bertz CT molecular complexity index is 766. The van der Waals surface area contributed by atoms with Crippen molar-refractivity contribution in [2.45, 2.75) is 0 Å². The molecule has 1 amide bonds. The summed E-state index contributed by atoms with van der Waals surface area (Å²) in [6.07, 6.45) is 1.46. The number of hydrogen-bond acceptors (Lipinski definition) is 3. The maximum atomic E-state index is 12.1. The van der Waals surface area contributed by atoms with E-state index in [0.717, 1.165) is 16.5 Å². The number of fused-ring (bicyclic) bond motifs is 1. The number of anilines is 2. The van der Waals surface area contributed by atoms with Gasteiger partial charge in [0.1, 0.15) is 5.82 Å². The lowest BCUT2D eigenvalue weighted by Crippen LogP contribution is -2.12. The molecule has 4 nitrogen and oxygen atoms in total. The van der Waals surface area contributed by atoms with E-state index in [-0.39, 0.29) is 5.91 Å². The summed E-state index contributed by atoms with van der Waals surface area (Å²) < 4.78 is 0. The smallest absolute Gasteiger partial charge is 0.257 e. The number of carbonyl (C=O) groups excluding carboxylic acids is 1. The Morgan fingerprint density at radius 2 is 1.80 bits per heavy atom. The fourth-order valence-electron chi connectivity index (χ4n) is 2.01. The molecule has 2 aromatic carbocycles. The highest BCUT2D eigenvalue weighted by atomic mass is 16.1. The van der Waals surface area contributed by atoms with Gasteiger partial charge in [-0.15, -0.1) is 0 Å². The van der Waals surface area contributed by atoms with Gasteiger partial charge in [-0.2, -0.15) is 0 Å². The second kappa shape index (κ2) is 5.01. The first-order valence-electron chi connectivity index (χ1n) is 6.24. The van der Waals surface area contributed by atoms with Gasteiger partial charge in [0.15, 0.2) is 0 Å². The Morgan fingerprint density at radius 3 is 2.55 bits per heavy atom. The molecule has 4 heteroatoms. The van der Waals surface area contributed by atoms with Crippen LogP contribution in [0.4, 0.5) is 11.5 Å². The molecule has 0 fully saturated rings. The number of pyridine rings is 1. The summed E-state index contributed by atoms with van der Waals surface area (Å²) in [6.45, 7) is 0. The van der Waals surface area contributed by atoms with Crippen molar-refractivity contribution in [3.05, 3.63) is 66.4 Å². The molecule has 0 aliphatic heterocycles. The van der Waals surface area contributed by atoms with Crippen molar-refractivity contribution in [3.63, 3.8) is 0 Å². The number of nitrogens with zero attached hydrogens (tertiary/aromatic N) is 1. The van der Waals surface area contributed by atoms with Gasteiger partial charge in [0.25, 0.3) is 5.91 Å². The van der Waals surface area contributed by atoms with Gasteiger partial charge in [0.2, 0.25) is 0 Å². The molecule has 0 spiro atoms. The van der Waals surface area contributed by atoms with Gasteiger partial charge < -0.3 is 11.1 Å². The number of rotatable bonds is 2.